The number of aliphatic hydroxyl groups is 2. The van der Waals surface area contributed by atoms with E-state index >= 15 is 0 Å². The number of Topliss-reactive ketones (excluding diaryl/α,β-unsaturated/α-hetero) is 2. The number of ketones is 2. The molecule has 22 heavy (non-hydrogen) atoms. The highest BCUT2D eigenvalue weighted by Gasteiger charge is 2.13. The van der Waals surface area contributed by atoms with Crippen molar-refractivity contribution >= 4 is 23.1 Å². The van der Waals surface area contributed by atoms with E-state index < -0.39 is 11.5 Å². The lowest BCUT2D eigenvalue weighted by atomic mass is 10.1. The van der Waals surface area contributed by atoms with Gasteiger partial charge in [-0.15, -0.1) is 0 Å². The molecular weight excluding hydrogens is 284 g/mol. The van der Waals surface area contributed by atoms with Crippen LogP contribution in [-0.2, 0) is 0 Å². The summed E-state index contributed by atoms with van der Waals surface area (Å²) in [5.41, 5.74) is 1.03. The molecule has 0 fully saturated rings. The fourth-order valence-electron chi connectivity index (χ4n) is 1.73. The fourth-order valence-corrected chi connectivity index (χ4v) is 1.73. The third-order valence-electron chi connectivity index (χ3n) is 3.05. The van der Waals surface area contributed by atoms with Crippen molar-refractivity contribution in [3.05, 3.63) is 59.2 Å². The molecule has 2 N–H and O–H groups in total. The zero-order valence-corrected chi connectivity index (χ0v) is 12.1. The molecule has 0 aliphatic heterocycles. The van der Waals surface area contributed by atoms with Crippen LogP contribution in [0.5, 0.6) is 0 Å². The van der Waals surface area contributed by atoms with E-state index in [1.807, 2.05) is 0 Å². The van der Waals surface area contributed by atoms with Crippen LogP contribution >= 0.6 is 0 Å². The van der Waals surface area contributed by atoms with Gasteiger partial charge in [0.05, 0.1) is 0 Å². The molecule has 112 valence electrons. The Morgan fingerprint density at radius 2 is 1.14 bits per heavy atom. The number of pyridine rings is 2. The van der Waals surface area contributed by atoms with Crippen molar-refractivity contribution in [2.75, 3.05) is 0 Å². The molecule has 0 spiro atoms. The molecule has 2 heterocycles. The number of carbonyl (C=O) groups is 2. The van der Waals surface area contributed by atoms with Gasteiger partial charge in [-0.1, -0.05) is 0 Å². The minimum absolute atomic E-state index is 0.111. The molecular formula is C16H14N2O4. The van der Waals surface area contributed by atoms with Crippen LogP contribution in [0.15, 0.2) is 36.7 Å². The minimum Gasteiger partial charge on any atom is -0.503 e. The third-order valence-corrected chi connectivity index (χ3v) is 3.05. The van der Waals surface area contributed by atoms with E-state index in [2.05, 4.69) is 9.97 Å². The lowest BCUT2D eigenvalue weighted by Gasteiger charge is -2.05. The maximum atomic E-state index is 11.2. The summed E-state index contributed by atoms with van der Waals surface area (Å²) in [7, 11) is 0. The van der Waals surface area contributed by atoms with Crippen LogP contribution in [0.2, 0.25) is 0 Å². The molecule has 0 amide bonds. The maximum Gasteiger partial charge on any atom is 0.186 e. The van der Waals surface area contributed by atoms with Gasteiger partial charge < -0.3 is 10.2 Å². The topological polar surface area (TPSA) is 100 Å². The van der Waals surface area contributed by atoms with E-state index in [-0.39, 0.29) is 23.0 Å². The maximum absolute atomic E-state index is 11.2. The van der Waals surface area contributed by atoms with Crippen LogP contribution in [0.3, 0.4) is 0 Å². The lowest BCUT2D eigenvalue weighted by Crippen LogP contribution is -2.00. The third kappa shape index (κ3) is 3.17. The lowest BCUT2D eigenvalue weighted by molar-refractivity contribution is 0.100. The quantitative estimate of drug-likeness (QED) is 0.665. The minimum atomic E-state index is -0.460. The molecule has 0 radical (unpaired) electrons. The Balaban J connectivity index is 2.35. The zero-order valence-electron chi connectivity index (χ0n) is 12.1. The molecule has 0 saturated carbocycles. The van der Waals surface area contributed by atoms with Crippen LogP contribution in [0, 0.1) is 0 Å². The van der Waals surface area contributed by atoms with Gasteiger partial charge in [-0.3, -0.25) is 19.6 Å². The van der Waals surface area contributed by atoms with E-state index in [0.29, 0.717) is 11.1 Å². The van der Waals surface area contributed by atoms with E-state index in [1.54, 1.807) is 0 Å². The number of carbonyl (C=O) groups excluding carboxylic acids is 2. The zero-order chi connectivity index (χ0) is 16.3. The molecule has 2 aromatic heterocycles. The molecule has 2 aromatic rings. The normalized spacial score (nSPS) is 11.7. The first-order valence-corrected chi connectivity index (χ1v) is 6.47. The number of hydrogen-bond donors (Lipinski definition) is 2. The first-order chi connectivity index (χ1) is 10.4. The molecule has 0 atom stereocenters. The molecule has 0 bridgehead atoms. The Morgan fingerprint density at radius 1 is 0.773 bits per heavy atom. The van der Waals surface area contributed by atoms with Crippen molar-refractivity contribution < 1.29 is 19.8 Å². The van der Waals surface area contributed by atoms with E-state index in [0.717, 1.165) is 0 Å². The van der Waals surface area contributed by atoms with Gasteiger partial charge in [0, 0.05) is 23.5 Å². The average molecular weight is 298 g/mol. The van der Waals surface area contributed by atoms with Crippen molar-refractivity contribution in [1.82, 2.24) is 9.97 Å². The monoisotopic (exact) mass is 298 g/mol. The number of rotatable bonds is 4. The Labute approximate surface area is 126 Å². The Morgan fingerprint density at radius 3 is 1.36 bits per heavy atom. The first-order valence-electron chi connectivity index (χ1n) is 6.47. The van der Waals surface area contributed by atoms with Crippen molar-refractivity contribution in [3.8, 4) is 0 Å². The van der Waals surface area contributed by atoms with Crippen LogP contribution in [0.25, 0.3) is 11.5 Å². The van der Waals surface area contributed by atoms with Gasteiger partial charge in [0.25, 0.3) is 0 Å². The van der Waals surface area contributed by atoms with Crippen LogP contribution < -0.4 is 0 Å². The second kappa shape index (κ2) is 6.17. The fraction of sp³-hybridized carbons (Fsp3) is 0.125. The molecule has 0 unspecified atom stereocenters. The number of aliphatic hydroxyl groups excluding tert-OH is 2. The van der Waals surface area contributed by atoms with E-state index in [1.165, 1.54) is 50.5 Å². The van der Waals surface area contributed by atoms with Gasteiger partial charge in [-0.2, -0.15) is 0 Å². The predicted octanol–water partition coefficient (Wildman–Crippen LogP) is 2.82. The molecule has 0 aliphatic rings. The van der Waals surface area contributed by atoms with Gasteiger partial charge >= 0.3 is 0 Å². The summed E-state index contributed by atoms with van der Waals surface area (Å²) in [4.78, 5) is 30.2. The summed E-state index contributed by atoms with van der Waals surface area (Å²) in [6, 6.07) is 5.85. The molecule has 6 heteroatoms. The highest BCUT2D eigenvalue weighted by Crippen LogP contribution is 2.20. The number of hydrogen-bond acceptors (Lipinski definition) is 6. The largest absolute Gasteiger partial charge is 0.503 e. The predicted molar refractivity (Wildman–Crippen MR) is 80.6 cm³/mol. The van der Waals surface area contributed by atoms with Crippen molar-refractivity contribution in [2.45, 2.75) is 13.8 Å². The smallest absolute Gasteiger partial charge is 0.186 e. The summed E-state index contributed by atoms with van der Waals surface area (Å²) in [6.45, 7) is 2.81. The van der Waals surface area contributed by atoms with Crippen molar-refractivity contribution in [1.29, 1.82) is 0 Å². The number of aromatic nitrogens is 2. The molecule has 0 aliphatic carbocycles. The Bertz CT molecular complexity index is 681. The molecule has 0 aromatic carbocycles. The molecule has 0 saturated heterocycles. The average Bonchev–Trinajstić information content (AvgIpc) is 2.53. The van der Waals surface area contributed by atoms with Gasteiger partial charge in [0.1, 0.15) is 11.4 Å². The second-order valence-corrected chi connectivity index (χ2v) is 4.67. The van der Waals surface area contributed by atoms with Gasteiger partial charge in [-0.05, 0) is 38.1 Å². The van der Waals surface area contributed by atoms with E-state index in [9.17, 15) is 19.8 Å². The first kappa shape index (κ1) is 15.4. The summed E-state index contributed by atoms with van der Waals surface area (Å²) in [6.07, 6.45) is 2.63. The van der Waals surface area contributed by atoms with E-state index in [4.69, 9.17) is 0 Å². The summed E-state index contributed by atoms with van der Waals surface area (Å²) in [5.74, 6) is -1.21. The van der Waals surface area contributed by atoms with Crippen molar-refractivity contribution in [3.63, 3.8) is 0 Å². The summed E-state index contributed by atoms with van der Waals surface area (Å²) in [5, 5.41) is 20.1. The SMILES string of the molecule is CC(=O)c1ccc(/C(O)=C(\O)c2ccc(C(C)=O)cn2)nc1. The Kier molecular flexibility index (Phi) is 4.31. The van der Waals surface area contributed by atoms with Gasteiger partial charge in [0.2, 0.25) is 0 Å². The Hall–Kier alpha value is -3.02. The van der Waals surface area contributed by atoms with Gasteiger partial charge in [0.15, 0.2) is 23.1 Å². The van der Waals surface area contributed by atoms with Gasteiger partial charge in [-0.25, -0.2) is 0 Å². The molecule has 2 rings (SSSR count). The summed E-state index contributed by atoms with van der Waals surface area (Å²) < 4.78 is 0. The van der Waals surface area contributed by atoms with Crippen LogP contribution in [0.1, 0.15) is 46.0 Å². The summed E-state index contributed by atoms with van der Waals surface area (Å²) >= 11 is 0. The van der Waals surface area contributed by atoms with Crippen molar-refractivity contribution in [2.24, 2.45) is 0 Å². The number of nitrogens with zero attached hydrogens (tertiary/aromatic N) is 2. The highest BCUT2D eigenvalue weighted by atomic mass is 16.3. The standard InChI is InChI=1S/C16H14N2O4/c1-9(19)11-3-5-13(17-7-11)15(21)16(22)14-6-4-12(8-18-14)10(2)20/h3-8,21-22H,1-2H3/b16-15+. The van der Waals surface area contributed by atoms with Crippen LogP contribution in [-0.4, -0.2) is 31.7 Å². The highest BCUT2D eigenvalue weighted by molar-refractivity contribution is 5.94. The second-order valence-electron chi connectivity index (χ2n) is 4.67. The molecule has 6 nitrogen and oxygen atoms in total. The van der Waals surface area contributed by atoms with Crippen LogP contribution in [0.4, 0.5) is 0 Å².